The van der Waals surface area contributed by atoms with E-state index in [0.717, 1.165) is 21.4 Å². The summed E-state index contributed by atoms with van der Waals surface area (Å²) in [5.41, 5.74) is 3.44. The number of nitrogens with one attached hydrogen (secondary N) is 1. The van der Waals surface area contributed by atoms with Crippen LogP contribution >= 0.6 is 27.3 Å². The highest BCUT2D eigenvalue weighted by Crippen LogP contribution is 2.37. The van der Waals surface area contributed by atoms with Gasteiger partial charge < -0.3 is 14.8 Å². The first-order valence-corrected chi connectivity index (χ1v) is 12.8. The maximum atomic E-state index is 14.0. The SMILES string of the molecule is CCOC(=O)C1=C(C)N=c2s/c(=C3/C(=O)Nc4ccc(C)cc43)c(=O)n2[C@@H]1c1cc(Br)ccc1OC. The zero-order chi connectivity index (χ0) is 25.7. The molecule has 8 nitrogen and oxygen atoms in total. The number of rotatable bonds is 4. The van der Waals surface area contributed by atoms with Crippen LogP contribution in [-0.2, 0) is 14.3 Å². The Hall–Kier alpha value is -3.50. The van der Waals surface area contributed by atoms with Gasteiger partial charge in [0, 0.05) is 21.3 Å². The molecule has 3 heterocycles. The quantitative estimate of drug-likeness (QED) is 0.488. The van der Waals surface area contributed by atoms with Crippen molar-refractivity contribution in [3.8, 4) is 5.75 Å². The highest BCUT2D eigenvalue weighted by Gasteiger charge is 2.36. The zero-order valence-corrected chi connectivity index (χ0v) is 22.4. The van der Waals surface area contributed by atoms with Crippen LogP contribution in [0.25, 0.3) is 5.57 Å². The summed E-state index contributed by atoms with van der Waals surface area (Å²) in [7, 11) is 1.53. The van der Waals surface area contributed by atoms with Crippen LogP contribution < -0.4 is 24.9 Å². The average Bonchev–Trinajstić information content (AvgIpc) is 3.32. The summed E-state index contributed by atoms with van der Waals surface area (Å²) in [6, 6.07) is 10.1. The Kier molecular flexibility index (Phi) is 6.17. The van der Waals surface area contributed by atoms with Gasteiger partial charge in [0.05, 0.1) is 30.6 Å². The van der Waals surface area contributed by atoms with E-state index in [9.17, 15) is 14.4 Å². The standard InChI is InChI=1S/C26H22BrN3O5S/c1-5-35-25(33)19-13(3)28-26-30(21(19)16-11-14(27)7-9-18(16)34-4)24(32)22(36-26)20-15-10-12(2)6-8-17(15)29-23(20)31/h6-11,21H,5H2,1-4H3,(H,29,31)/b22-20+/t21-/m1/s1. The molecule has 0 fully saturated rings. The molecule has 0 aliphatic carbocycles. The third-order valence-corrected chi connectivity index (χ3v) is 7.67. The van der Waals surface area contributed by atoms with Crippen LogP contribution in [-0.4, -0.2) is 30.2 Å². The lowest BCUT2D eigenvalue weighted by Gasteiger charge is -2.26. The zero-order valence-electron chi connectivity index (χ0n) is 20.0. The molecule has 1 aromatic heterocycles. The van der Waals surface area contributed by atoms with Crippen LogP contribution in [0.3, 0.4) is 0 Å². The molecule has 10 heteroatoms. The van der Waals surface area contributed by atoms with Crippen molar-refractivity contribution in [1.82, 2.24) is 4.57 Å². The molecule has 184 valence electrons. The molecular weight excluding hydrogens is 546 g/mol. The Morgan fingerprint density at radius 3 is 2.69 bits per heavy atom. The minimum atomic E-state index is -0.858. The van der Waals surface area contributed by atoms with Crippen LogP contribution in [0.4, 0.5) is 5.69 Å². The number of hydrogen-bond donors (Lipinski definition) is 1. The molecule has 2 aliphatic rings. The van der Waals surface area contributed by atoms with Crippen LogP contribution in [0.15, 0.2) is 61.9 Å². The number of ether oxygens (including phenoxy) is 2. The lowest BCUT2D eigenvalue weighted by molar-refractivity contribution is -0.139. The van der Waals surface area contributed by atoms with Crippen LogP contribution in [0.5, 0.6) is 5.75 Å². The van der Waals surface area contributed by atoms with Crippen LogP contribution in [0.2, 0.25) is 0 Å². The summed E-state index contributed by atoms with van der Waals surface area (Å²) in [5, 5.41) is 2.84. The summed E-state index contributed by atoms with van der Waals surface area (Å²) in [6.07, 6.45) is 0. The molecule has 2 aliphatic heterocycles. The fraction of sp³-hybridized carbons (Fsp3) is 0.231. The number of amides is 1. The van der Waals surface area contributed by atoms with Gasteiger partial charge in [-0.25, -0.2) is 9.79 Å². The lowest BCUT2D eigenvalue weighted by atomic mass is 9.95. The first kappa shape index (κ1) is 24.2. The van der Waals surface area contributed by atoms with Gasteiger partial charge in [-0.1, -0.05) is 38.9 Å². The number of thiazole rings is 1. The molecule has 36 heavy (non-hydrogen) atoms. The predicted octanol–water partition coefficient (Wildman–Crippen LogP) is 3.20. The van der Waals surface area contributed by atoms with E-state index in [1.807, 2.05) is 37.3 Å². The number of nitrogens with zero attached hydrogens (tertiary/aromatic N) is 2. The van der Waals surface area contributed by atoms with E-state index in [-0.39, 0.29) is 22.6 Å². The molecule has 0 radical (unpaired) electrons. The highest BCUT2D eigenvalue weighted by molar-refractivity contribution is 9.10. The molecule has 0 saturated heterocycles. The number of fused-ring (bicyclic) bond motifs is 2. The normalized spacial score (nSPS) is 17.8. The lowest BCUT2D eigenvalue weighted by Crippen LogP contribution is -2.40. The second-order valence-corrected chi connectivity index (χ2v) is 10.3. The number of halogens is 1. The molecule has 1 amide bonds. The smallest absolute Gasteiger partial charge is 0.338 e. The van der Waals surface area contributed by atoms with Gasteiger partial charge in [-0.3, -0.25) is 14.2 Å². The van der Waals surface area contributed by atoms with E-state index >= 15 is 0 Å². The van der Waals surface area contributed by atoms with E-state index in [4.69, 9.17) is 9.47 Å². The molecule has 1 N–H and O–H groups in total. The van der Waals surface area contributed by atoms with Crippen molar-refractivity contribution in [2.24, 2.45) is 4.99 Å². The van der Waals surface area contributed by atoms with Crippen LogP contribution in [0.1, 0.15) is 36.6 Å². The second-order valence-electron chi connectivity index (χ2n) is 8.39. The maximum absolute atomic E-state index is 14.0. The molecule has 0 unspecified atom stereocenters. The minimum absolute atomic E-state index is 0.169. The Balaban J connectivity index is 1.86. The summed E-state index contributed by atoms with van der Waals surface area (Å²) >= 11 is 4.62. The number of aromatic nitrogens is 1. The number of carbonyl (C=O) groups is 2. The van der Waals surface area contributed by atoms with Crippen molar-refractivity contribution in [2.75, 3.05) is 19.0 Å². The number of carbonyl (C=O) groups excluding carboxylic acids is 2. The number of esters is 1. The molecular formula is C26H22BrN3O5S. The van der Waals surface area contributed by atoms with E-state index in [0.29, 0.717) is 38.6 Å². The van der Waals surface area contributed by atoms with Gasteiger partial charge >= 0.3 is 5.97 Å². The fourth-order valence-electron chi connectivity index (χ4n) is 4.56. The first-order chi connectivity index (χ1) is 17.2. The number of hydrogen-bond acceptors (Lipinski definition) is 7. The van der Waals surface area contributed by atoms with E-state index in [1.165, 1.54) is 11.7 Å². The van der Waals surface area contributed by atoms with Crippen molar-refractivity contribution >= 4 is 50.4 Å². The van der Waals surface area contributed by atoms with Crippen LogP contribution in [0, 0.1) is 6.92 Å². The Labute approximate surface area is 218 Å². The summed E-state index contributed by atoms with van der Waals surface area (Å²) in [5.74, 6) is -0.417. The van der Waals surface area contributed by atoms with Gasteiger partial charge in [0.15, 0.2) is 4.80 Å². The number of benzene rings is 2. The maximum Gasteiger partial charge on any atom is 0.338 e. The number of allylic oxidation sites excluding steroid dienone is 1. The summed E-state index contributed by atoms with van der Waals surface area (Å²) in [6.45, 7) is 5.53. The first-order valence-electron chi connectivity index (χ1n) is 11.2. The summed E-state index contributed by atoms with van der Waals surface area (Å²) < 4.78 is 13.4. The molecule has 3 aromatic rings. The molecule has 1 atom stereocenters. The third kappa shape index (κ3) is 3.81. The Morgan fingerprint density at radius 1 is 1.19 bits per heavy atom. The average molecular weight is 568 g/mol. The second kappa shape index (κ2) is 9.18. The minimum Gasteiger partial charge on any atom is -0.496 e. The van der Waals surface area contributed by atoms with Gasteiger partial charge in [0.1, 0.15) is 16.3 Å². The van der Waals surface area contributed by atoms with Crippen molar-refractivity contribution in [3.05, 3.63) is 88.5 Å². The van der Waals surface area contributed by atoms with Crippen molar-refractivity contribution in [3.63, 3.8) is 0 Å². The largest absolute Gasteiger partial charge is 0.496 e. The van der Waals surface area contributed by atoms with Gasteiger partial charge in [0.2, 0.25) is 0 Å². The summed E-state index contributed by atoms with van der Waals surface area (Å²) in [4.78, 5) is 45.1. The fourth-order valence-corrected chi connectivity index (χ4v) is 6.08. The predicted molar refractivity (Wildman–Crippen MR) is 140 cm³/mol. The van der Waals surface area contributed by atoms with E-state index in [2.05, 4.69) is 26.2 Å². The topological polar surface area (TPSA) is 99.0 Å². The van der Waals surface area contributed by atoms with Crippen molar-refractivity contribution in [2.45, 2.75) is 26.8 Å². The Bertz CT molecular complexity index is 1670. The molecule has 2 aromatic carbocycles. The third-order valence-electron chi connectivity index (χ3n) is 6.13. The van der Waals surface area contributed by atoms with Gasteiger partial charge in [-0.2, -0.15) is 0 Å². The van der Waals surface area contributed by atoms with E-state index < -0.39 is 17.6 Å². The molecule has 0 bridgehead atoms. The van der Waals surface area contributed by atoms with Gasteiger partial charge in [0.25, 0.3) is 11.5 Å². The monoisotopic (exact) mass is 567 g/mol. The van der Waals surface area contributed by atoms with Gasteiger partial charge in [-0.05, 0) is 51.1 Å². The molecule has 0 spiro atoms. The number of aryl methyl sites for hydroxylation is 1. The van der Waals surface area contributed by atoms with Crippen molar-refractivity contribution < 1.29 is 19.1 Å². The number of methoxy groups -OCH3 is 1. The highest BCUT2D eigenvalue weighted by atomic mass is 79.9. The van der Waals surface area contributed by atoms with Crippen molar-refractivity contribution in [1.29, 1.82) is 0 Å². The van der Waals surface area contributed by atoms with Gasteiger partial charge in [-0.15, -0.1) is 0 Å². The van der Waals surface area contributed by atoms with E-state index in [1.54, 1.807) is 19.9 Å². The Morgan fingerprint density at radius 2 is 1.97 bits per heavy atom. The molecule has 0 saturated carbocycles. The molecule has 5 rings (SSSR count). The number of anilines is 1.